The standard InChI is InChI=1S/C18H25N3OS2/c1-10-6-5-7-14(11(10)2)21-15(22)8-23-17-16-12(3)13(4)24-18(16)20-9-19-17/h9-11,14H,5-8H2,1-4H3,(H,21,22)/t10-,11-,14-/m1/s1. The third-order valence-electron chi connectivity index (χ3n) is 5.32. The summed E-state index contributed by atoms with van der Waals surface area (Å²) in [5.41, 5.74) is 1.23. The van der Waals surface area contributed by atoms with E-state index in [1.807, 2.05) is 0 Å². The van der Waals surface area contributed by atoms with E-state index in [0.717, 1.165) is 21.7 Å². The molecule has 2 aromatic heterocycles. The summed E-state index contributed by atoms with van der Waals surface area (Å²) in [4.78, 5) is 23.4. The molecule has 0 unspecified atom stereocenters. The van der Waals surface area contributed by atoms with Gasteiger partial charge in [0.2, 0.25) is 5.91 Å². The molecule has 0 bridgehead atoms. The van der Waals surface area contributed by atoms with E-state index in [9.17, 15) is 4.79 Å². The third kappa shape index (κ3) is 3.59. The Morgan fingerprint density at radius 1 is 1.33 bits per heavy atom. The summed E-state index contributed by atoms with van der Waals surface area (Å²) in [7, 11) is 0. The van der Waals surface area contributed by atoms with Gasteiger partial charge >= 0.3 is 0 Å². The van der Waals surface area contributed by atoms with Gasteiger partial charge in [0, 0.05) is 16.3 Å². The summed E-state index contributed by atoms with van der Waals surface area (Å²) in [6.07, 6.45) is 5.19. The molecular weight excluding hydrogens is 338 g/mol. The Balaban J connectivity index is 1.64. The van der Waals surface area contributed by atoms with Gasteiger partial charge in [-0.2, -0.15) is 0 Å². The minimum absolute atomic E-state index is 0.113. The van der Waals surface area contributed by atoms with Crippen LogP contribution in [0.1, 0.15) is 43.6 Å². The number of amides is 1. The molecule has 130 valence electrons. The molecule has 4 nitrogen and oxygen atoms in total. The Hall–Kier alpha value is -1.14. The molecule has 0 spiro atoms. The van der Waals surface area contributed by atoms with Crippen LogP contribution in [0.25, 0.3) is 10.2 Å². The van der Waals surface area contributed by atoms with Crippen molar-refractivity contribution in [3.8, 4) is 0 Å². The zero-order valence-electron chi connectivity index (χ0n) is 14.8. The first kappa shape index (κ1) is 17.7. The number of carbonyl (C=O) groups excluding carboxylic acids is 1. The molecule has 2 heterocycles. The van der Waals surface area contributed by atoms with Gasteiger partial charge in [-0.25, -0.2) is 9.97 Å². The topological polar surface area (TPSA) is 54.9 Å². The SMILES string of the molecule is Cc1sc2ncnc(SCC(=O)N[C@@H]3CCC[C@@H](C)[C@H]3C)c2c1C. The third-order valence-corrected chi connectivity index (χ3v) is 7.43. The predicted octanol–water partition coefficient (Wildman–Crippen LogP) is 4.34. The summed E-state index contributed by atoms with van der Waals surface area (Å²) in [5, 5.41) is 5.26. The van der Waals surface area contributed by atoms with Crippen LogP contribution in [0.5, 0.6) is 0 Å². The minimum Gasteiger partial charge on any atom is -0.352 e. The first-order valence-corrected chi connectivity index (χ1v) is 10.4. The number of thioether (sulfide) groups is 1. The van der Waals surface area contributed by atoms with Crippen LogP contribution in [0, 0.1) is 25.7 Å². The lowest BCUT2D eigenvalue weighted by atomic mass is 9.78. The second-order valence-corrected chi connectivity index (χ2v) is 9.04. The first-order chi connectivity index (χ1) is 11.5. The van der Waals surface area contributed by atoms with E-state index >= 15 is 0 Å². The Labute approximate surface area is 151 Å². The van der Waals surface area contributed by atoms with Crippen molar-refractivity contribution >= 4 is 39.2 Å². The van der Waals surface area contributed by atoms with E-state index in [-0.39, 0.29) is 5.91 Å². The lowest BCUT2D eigenvalue weighted by Gasteiger charge is -2.34. The second-order valence-electron chi connectivity index (χ2n) is 6.87. The van der Waals surface area contributed by atoms with E-state index in [0.29, 0.717) is 23.6 Å². The lowest BCUT2D eigenvalue weighted by Crippen LogP contribution is -2.44. The zero-order valence-corrected chi connectivity index (χ0v) is 16.4. The van der Waals surface area contributed by atoms with Crippen molar-refractivity contribution in [1.29, 1.82) is 0 Å². The number of carbonyl (C=O) groups is 1. The highest BCUT2D eigenvalue weighted by Gasteiger charge is 2.28. The molecule has 1 aliphatic carbocycles. The number of nitrogens with one attached hydrogen (secondary N) is 1. The maximum Gasteiger partial charge on any atom is 0.230 e. The van der Waals surface area contributed by atoms with Crippen molar-refractivity contribution in [2.24, 2.45) is 11.8 Å². The zero-order chi connectivity index (χ0) is 17.3. The van der Waals surface area contributed by atoms with Gasteiger partial charge in [-0.15, -0.1) is 11.3 Å². The van der Waals surface area contributed by atoms with Crippen LogP contribution in [-0.2, 0) is 4.79 Å². The van der Waals surface area contributed by atoms with Crippen molar-refractivity contribution in [3.63, 3.8) is 0 Å². The van der Waals surface area contributed by atoms with E-state index in [4.69, 9.17) is 0 Å². The number of aromatic nitrogens is 2. The van der Waals surface area contributed by atoms with Crippen molar-refractivity contribution in [3.05, 3.63) is 16.8 Å². The van der Waals surface area contributed by atoms with Crippen molar-refractivity contribution < 1.29 is 4.79 Å². The van der Waals surface area contributed by atoms with E-state index in [1.165, 1.54) is 35.0 Å². The van der Waals surface area contributed by atoms with Crippen molar-refractivity contribution in [2.45, 2.75) is 58.0 Å². The average molecular weight is 364 g/mol. The fourth-order valence-corrected chi connectivity index (χ4v) is 5.36. The molecule has 1 fully saturated rings. The van der Waals surface area contributed by atoms with Crippen LogP contribution >= 0.6 is 23.1 Å². The fourth-order valence-electron chi connectivity index (χ4n) is 3.43. The van der Waals surface area contributed by atoms with Crippen LogP contribution in [0.2, 0.25) is 0 Å². The number of rotatable bonds is 4. The summed E-state index contributed by atoms with van der Waals surface area (Å²) in [6.45, 7) is 8.76. The van der Waals surface area contributed by atoms with Gasteiger partial charge < -0.3 is 5.32 Å². The van der Waals surface area contributed by atoms with Gasteiger partial charge in [-0.05, 0) is 37.7 Å². The maximum atomic E-state index is 12.4. The largest absolute Gasteiger partial charge is 0.352 e. The average Bonchev–Trinajstić information content (AvgIpc) is 2.85. The summed E-state index contributed by atoms with van der Waals surface area (Å²) in [5.74, 6) is 1.77. The molecule has 2 aromatic rings. The second kappa shape index (κ2) is 7.40. The van der Waals surface area contributed by atoms with Gasteiger partial charge in [0.05, 0.1) is 5.75 Å². The summed E-state index contributed by atoms with van der Waals surface area (Å²) < 4.78 is 0. The molecule has 3 atom stereocenters. The van der Waals surface area contributed by atoms with Crippen LogP contribution in [0.15, 0.2) is 11.4 Å². The maximum absolute atomic E-state index is 12.4. The summed E-state index contributed by atoms with van der Waals surface area (Å²) in [6, 6.07) is 0.317. The predicted molar refractivity (Wildman–Crippen MR) is 102 cm³/mol. The van der Waals surface area contributed by atoms with Gasteiger partial charge in [0.1, 0.15) is 16.2 Å². The highest BCUT2D eigenvalue weighted by atomic mass is 32.2. The number of nitrogens with zero attached hydrogens (tertiary/aromatic N) is 2. The van der Waals surface area contributed by atoms with E-state index in [1.54, 1.807) is 17.7 Å². The van der Waals surface area contributed by atoms with Crippen LogP contribution < -0.4 is 5.32 Å². The molecule has 1 N–H and O–H groups in total. The summed E-state index contributed by atoms with van der Waals surface area (Å²) >= 11 is 3.21. The van der Waals surface area contributed by atoms with Gasteiger partial charge in [-0.1, -0.05) is 38.5 Å². The molecule has 0 aromatic carbocycles. The molecule has 1 amide bonds. The smallest absolute Gasteiger partial charge is 0.230 e. The first-order valence-electron chi connectivity index (χ1n) is 8.60. The van der Waals surface area contributed by atoms with Crippen molar-refractivity contribution in [1.82, 2.24) is 15.3 Å². The monoisotopic (exact) mass is 363 g/mol. The molecule has 0 radical (unpaired) electrons. The Bertz CT molecular complexity index is 743. The molecule has 0 saturated heterocycles. The fraction of sp³-hybridized carbons (Fsp3) is 0.611. The Kier molecular flexibility index (Phi) is 5.45. The molecule has 6 heteroatoms. The Morgan fingerprint density at radius 2 is 2.12 bits per heavy atom. The normalized spacial score (nSPS) is 24.2. The number of thiophene rings is 1. The van der Waals surface area contributed by atoms with Crippen LogP contribution in [0.3, 0.4) is 0 Å². The van der Waals surface area contributed by atoms with Crippen LogP contribution in [0.4, 0.5) is 0 Å². The van der Waals surface area contributed by atoms with E-state index in [2.05, 4.69) is 43.0 Å². The highest BCUT2D eigenvalue weighted by molar-refractivity contribution is 8.00. The lowest BCUT2D eigenvalue weighted by molar-refractivity contribution is -0.119. The molecule has 24 heavy (non-hydrogen) atoms. The number of hydrogen-bond donors (Lipinski definition) is 1. The van der Waals surface area contributed by atoms with Crippen LogP contribution in [-0.4, -0.2) is 27.7 Å². The van der Waals surface area contributed by atoms with Gasteiger partial charge in [0.25, 0.3) is 0 Å². The van der Waals surface area contributed by atoms with E-state index < -0.39 is 0 Å². The molecular formula is C18H25N3OS2. The molecule has 3 rings (SSSR count). The van der Waals surface area contributed by atoms with Crippen molar-refractivity contribution in [2.75, 3.05) is 5.75 Å². The number of fused-ring (bicyclic) bond motifs is 1. The number of hydrogen-bond acceptors (Lipinski definition) is 5. The van der Waals surface area contributed by atoms with Gasteiger partial charge in [-0.3, -0.25) is 4.79 Å². The molecule has 1 aliphatic rings. The van der Waals surface area contributed by atoms with Gasteiger partial charge in [0.15, 0.2) is 0 Å². The quantitative estimate of drug-likeness (QED) is 0.648. The molecule has 0 aliphatic heterocycles. The minimum atomic E-state index is 0.113. The highest BCUT2D eigenvalue weighted by Crippen LogP contribution is 2.34. The molecule has 1 saturated carbocycles. The number of aryl methyl sites for hydroxylation is 2. The Morgan fingerprint density at radius 3 is 2.92 bits per heavy atom.